The first-order valence-electron chi connectivity index (χ1n) is 6.91. The SMILES string of the molecule is CCOc1ccc2nc(-c3ccccc3)cc(NN)c2c1. The van der Waals surface area contributed by atoms with E-state index in [1.807, 2.05) is 61.5 Å². The van der Waals surface area contributed by atoms with Crippen LogP contribution in [0.5, 0.6) is 5.75 Å². The van der Waals surface area contributed by atoms with Crippen LogP contribution in [0.25, 0.3) is 22.2 Å². The van der Waals surface area contributed by atoms with Crippen LogP contribution in [-0.4, -0.2) is 11.6 Å². The zero-order valence-electron chi connectivity index (χ0n) is 11.8. The molecule has 0 atom stereocenters. The first kappa shape index (κ1) is 13.4. The van der Waals surface area contributed by atoms with Gasteiger partial charge in [-0.15, -0.1) is 0 Å². The van der Waals surface area contributed by atoms with Gasteiger partial charge in [-0.05, 0) is 31.2 Å². The lowest BCUT2D eigenvalue weighted by molar-refractivity contribution is 0.340. The van der Waals surface area contributed by atoms with E-state index in [2.05, 4.69) is 5.43 Å². The number of nitrogens with one attached hydrogen (secondary N) is 1. The highest BCUT2D eigenvalue weighted by atomic mass is 16.5. The number of fused-ring (bicyclic) bond motifs is 1. The van der Waals surface area contributed by atoms with Gasteiger partial charge in [0.2, 0.25) is 0 Å². The number of aromatic nitrogens is 1. The van der Waals surface area contributed by atoms with E-state index in [-0.39, 0.29) is 0 Å². The zero-order valence-corrected chi connectivity index (χ0v) is 11.8. The molecule has 0 aliphatic carbocycles. The number of hydrogen-bond acceptors (Lipinski definition) is 4. The van der Waals surface area contributed by atoms with Crippen LogP contribution in [0.15, 0.2) is 54.6 Å². The minimum Gasteiger partial charge on any atom is -0.494 e. The lowest BCUT2D eigenvalue weighted by atomic mass is 10.1. The number of nitrogens with zero attached hydrogens (tertiary/aromatic N) is 1. The number of rotatable bonds is 4. The van der Waals surface area contributed by atoms with Crippen LogP contribution in [-0.2, 0) is 0 Å². The zero-order chi connectivity index (χ0) is 14.7. The average Bonchev–Trinajstić information content (AvgIpc) is 2.55. The van der Waals surface area contributed by atoms with Gasteiger partial charge in [0.15, 0.2) is 0 Å². The van der Waals surface area contributed by atoms with Crippen molar-refractivity contribution in [3.8, 4) is 17.0 Å². The molecule has 0 unspecified atom stereocenters. The van der Waals surface area contributed by atoms with Gasteiger partial charge in [-0.1, -0.05) is 30.3 Å². The Morgan fingerprint density at radius 3 is 2.62 bits per heavy atom. The largest absolute Gasteiger partial charge is 0.494 e. The number of nitrogens with two attached hydrogens (primary N) is 1. The van der Waals surface area contributed by atoms with Crippen LogP contribution in [0.4, 0.5) is 5.69 Å². The number of hydrogen-bond donors (Lipinski definition) is 2. The van der Waals surface area contributed by atoms with Crippen molar-refractivity contribution in [3.05, 3.63) is 54.6 Å². The lowest BCUT2D eigenvalue weighted by Crippen LogP contribution is -2.08. The van der Waals surface area contributed by atoms with Crippen molar-refractivity contribution >= 4 is 16.6 Å². The molecule has 3 aromatic rings. The second-order valence-electron chi connectivity index (χ2n) is 4.68. The molecule has 0 aliphatic heterocycles. The fourth-order valence-corrected chi connectivity index (χ4v) is 2.34. The van der Waals surface area contributed by atoms with E-state index < -0.39 is 0 Å². The minimum atomic E-state index is 0.631. The Kier molecular flexibility index (Phi) is 3.71. The van der Waals surface area contributed by atoms with Crippen molar-refractivity contribution in [1.29, 1.82) is 0 Å². The average molecular weight is 279 g/mol. The second kappa shape index (κ2) is 5.81. The van der Waals surface area contributed by atoms with E-state index in [4.69, 9.17) is 15.6 Å². The van der Waals surface area contributed by atoms with Gasteiger partial charge < -0.3 is 10.2 Å². The molecule has 0 spiro atoms. The van der Waals surface area contributed by atoms with Crippen LogP contribution in [0, 0.1) is 0 Å². The monoisotopic (exact) mass is 279 g/mol. The molecule has 0 saturated heterocycles. The van der Waals surface area contributed by atoms with E-state index in [1.54, 1.807) is 0 Å². The van der Waals surface area contributed by atoms with Crippen molar-refractivity contribution < 1.29 is 4.74 Å². The summed E-state index contributed by atoms with van der Waals surface area (Å²) in [5, 5.41) is 0.947. The molecular formula is C17H17N3O. The molecule has 3 N–H and O–H groups in total. The van der Waals surface area contributed by atoms with E-state index in [0.29, 0.717) is 6.61 Å². The molecule has 0 radical (unpaired) electrons. The molecule has 0 fully saturated rings. The van der Waals surface area contributed by atoms with Gasteiger partial charge >= 0.3 is 0 Å². The topological polar surface area (TPSA) is 60.2 Å². The third-order valence-corrected chi connectivity index (χ3v) is 3.32. The molecule has 4 heteroatoms. The number of pyridine rings is 1. The van der Waals surface area contributed by atoms with Crippen molar-refractivity contribution in [2.24, 2.45) is 5.84 Å². The van der Waals surface area contributed by atoms with Gasteiger partial charge in [0, 0.05) is 10.9 Å². The van der Waals surface area contributed by atoms with Crippen LogP contribution in [0.2, 0.25) is 0 Å². The first-order chi connectivity index (χ1) is 10.3. The maximum atomic E-state index is 5.67. The predicted molar refractivity (Wildman–Crippen MR) is 86.2 cm³/mol. The molecule has 4 nitrogen and oxygen atoms in total. The quantitative estimate of drug-likeness (QED) is 0.566. The number of benzene rings is 2. The summed E-state index contributed by atoms with van der Waals surface area (Å²) in [6.45, 7) is 2.59. The molecule has 0 aliphatic rings. The molecular weight excluding hydrogens is 262 g/mol. The Hall–Kier alpha value is -2.59. The van der Waals surface area contributed by atoms with E-state index in [1.165, 1.54) is 0 Å². The molecule has 0 bridgehead atoms. The van der Waals surface area contributed by atoms with Gasteiger partial charge in [-0.2, -0.15) is 0 Å². The molecule has 21 heavy (non-hydrogen) atoms. The Labute approximate surface area is 123 Å². The number of nitrogen functional groups attached to an aromatic ring is 1. The molecule has 1 aromatic heterocycles. The van der Waals surface area contributed by atoms with Gasteiger partial charge in [0.25, 0.3) is 0 Å². The number of anilines is 1. The van der Waals surface area contributed by atoms with E-state index in [0.717, 1.165) is 33.6 Å². The summed E-state index contributed by atoms with van der Waals surface area (Å²) in [5.41, 5.74) is 6.42. The van der Waals surface area contributed by atoms with Gasteiger partial charge in [-0.25, -0.2) is 4.98 Å². The van der Waals surface area contributed by atoms with Gasteiger partial charge in [-0.3, -0.25) is 5.84 Å². The fourth-order valence-electron chi connectivity index (χ4n) is 2.34. The molecule has 2 aromatic carbocycles. The van der Waals surface area contributed by atoms with Crippen LogP contribution in [0.3, 0.4) is 0 Å². The molecule has 0 amide bonds. The first-order valence-corrected chi connectivity index (χ1v) is 6.91. The Balaban J connectivity index is 2.16. The lowest BCUT2D eigenvalue weighted by Gasteiger charge is -2.11. The highest BCUT2D eigenvalue weighted by molar-refractivity contribution is 5.94. The summed E-state index contributed by atoms with van der Waals surface area (Å²) < 4.78 is 5.53. The standard InChI is InChI=1S/C17H17N3O/c1-2-21-13-8-9-15-14(10-13)17(20-18)11-16(19-15)12-6-4-3-5-7-12/h3-11H,2,18H2,1H3,(H,19,20). The molecule has 0 saturated carbocycles. The highest BCUT2D eigenvalue weighted by Gasteiger charge is 2.08. The smallest absolute Gasteiger partial charge is 0.120 e. The Morgan fingerprint density at radius 2 is 1.90 bits per heavy atom. The van der Waals surface area contributed by atoms with Crippen LogP contribution < -0.4 is 16.0 Å². The Bertz CT molecular complexity index is 757. The third kappa shape index (κ3) is 2.66. The summed E-state index contributed by atoms with van der Waals surface area (Å²) in [7, 11) is 0. The molecule has 3 rings (SSSR count). The summed E-state index contributed by atoms with van der Waals surface area (Å²) in [5.74, 6) is 6.48. The molecule has 106 valence electrons. The van der Waals surface area contributed by atoms with Gasteiger partial charge in [0.1, 0.15) is 5.75 Å². The number of hydrazine groups is 1. The maximum absolute atomic E-state index is 5.67. The van der Waals surface area contributed by atoms with Crippen molar-refractivity contribution in [3.63, 3.8) is 0 Å². The predicted octanol–water partition coefficient (Wildman–Crippen LogP) is 3.59. The van der Waals surface area contributed by atoms with Crippen molar-refractivity contribution in [2.75, 3.05) is 12.0 Å². The Morgan fingerprint density at radius 1 is 1.10 bits per heavy atom. The summed E-state index contributed by atoms with van der Waals surface area (Å²) in [4.78, 5) is 4.70. The summed E-state index contributed by atoms with van der Waals surface area (Å²) in [6, 6.07) is 17.8. The van der Waals surface area contributed by atoms with E-state index in [9.17, 15) is 0 Å². The normalized spacial score (nSPS) is 10.6. The fraction of sp³-hybridized carbons (Fsp3) is 0.118. The van der Waals surface area contributed by atoms with Crippen molar-refractivity contribution in [2.45, 2.75) is 6.92 Å². The second-order valence-corrected chi connectivity index (χ2v) is 4.68. The van der Waals surface area contributed by atoms with Gasteiger partial charge in [0.05, 0.1) is 23.5 Å². The summed E-state index contributed by atoms with van der Waals surface area (Å²) in [6.07, 6.45) is 0. The number of ether oxygens (including phenoxy) is 1. The van der Waals surface area contributed by atoms with Crippen LogP contribution >= 0.6 is 0 Å². The highest BCUT2D eigenvalue weighted by Crippen LogP contribution is 2.30. The summed E-state index contributed by atoms with van der Waals surface area (Å²) >= 11 is 0. The molecule has 1 heterocycles. The minimum absolute atomic E-state index is 0.631. The van der Waals surface area contributed by atoms with Crippen LogP contribution in [0.1, 0.15) is 6.92 Å². The van der Waals surface area contributed by atoms with Crippen molar-refractivity contribution in [1.82, 2.24) is 4.98 Å². The third-order valence-electron chi connectivity index (χ3n) is 3.32. The van der Waals surface area contributed by atoms with E-state index >= 15 is 0 Å². The maximum Gasteiger partial charge on any atom is 0.120 e.